The average molecular weight is 253 g/mol. The first-order chi connectivity index (χ1) is 8.92. The first-order valence-corrected chi connectivity index (χ1v) is 8.23. The SMILES string of the molecule is CCCNC(C1CCCCCC1)C1CCCOC1. The summed E-state index contributed by atoms with van der Waals surface area (Å²) >= 11 is 0. The van der Waals surface area contributed by atoms with Crippen molar-refractivity contribution in [3.63, 3.8) is 0 Å². The maximum absolute atomic E-state index is 5.73. The first-order valence-electron chi connectivity index (χ1n) is 8.23. The van der Waals surface area contributed by atoms with E-state index in [1.807, 2.05) is 0 Å². The van der Waals surface area contributed by atoms with Gasteiger partial charge in [-0.1, -0.05) is 32.6 Å². The molecule has 2 rings (SSSR count). The fourth-order valence-corrected chi connectivity index (χ4v) is 3.75. The molecule has 0 spiro atoms. The standard InChI is InChI=1S/C16H31NO/c1-2-11-17-16(15-10-7-12-18-13-15)14-8-5-3-4-6-9-14/h14-17H,2-13H2,1H3. The molecule has 1 aliphatic heterocycles. The molecule has 0 radical (unpaired) electrons. The summed E-state index contributed by atoms with van der Waals surface area (Å²) in [5.41, 5.74) is 0. The number of hydrogen-bond donors (Lipinski definition) is 1. The second-order valence-corrected chi connectivity index (χ2v) is 6.21. The van der Waals surface area contributed by atoms with Gasteiger partial charge in [0.15, 0.2) is 0 Å². The molecule has 2 fully saturated rings. The fourth-order valence-electron chi connectivity index (χ4n) is 3.75. The van der Waals surface area contributed by atoms with Crippen LogP contribution in [0.1, 0.15) is 64.7 Å². The van der Waals surface area contributed by atoms with Crippen LogP contribution >= 0.6 is 0 Å². The predicted molar refractivity (Wildman–Crippen MR) is 76.8 cm³/mol. The third-order valence-electron chi connectivity index (χ3n) is 4.74. The lowest BCUT2D eigenvalue weighted by Crippen LogP contribution is -2.45. The van der Waals surface area contributed by atoms with Gasteiger partial charge in [-0.05, 0) is 50.5 Å². The predicted octanol–water partition coefficient (Wildman–Crippen LogP) is 3.75. The van der Waals surface area contributed by atoms with Crippen molar-refractivity contribution in [2.24, 2.45) is 11.8 Å². The molecule has 2 unspecified atom stereocenters. The van der Waals surface area contributed by atoms with E-state index in [1.165, 1.54) is 64.3 Å². The highest BCUT2D eigenvalue weighted by Gasteiger charge is 2.30. The largest absolute Gasteiger partial charge is 0.381 e. The van der Waals surface area contributed by atoms with E-state index < -0.39 is 0 Å². The Morgan fingerprint density at radius 3 is 2.33 bits per heavy atom. The summed E-state index contributed by atoms with van der Waals surface area (Å²) in [6.45, 7) is 5.44. The van der Waals surface area contributed by atoms with Crippen LogP contribution in [0.25, 0.3) is 0 Å². The van der Waals surface area contributed by atoms with Gasteiger partial charge in [0.25, 0.3) is 0 Å². The van der Waals surface area contributed by atoms with Gasteiger partial charge >= 0.3 is 0 Å². The lowest BCUT2D eigenvalue weighted by atomic mass is 9.81. The van der Waals surface area contributed by atoms with Crippen LogP contribution in [0.15, 0.2) is 0 Å². The minimum atomic E-state index is 0.725. The maximum atomic E-state index is 5.73. The Bertz CT molecular complexity index is 205. The molecule has 1 aliphatic carbocycles. The van der Waals surface area contributed by atoms with Gasteiger partial charge in [0.05, 0.1) is 6.61 Å². The number of hydrogen-bond acceptors (Lipinski definition) is 2. The van der Waals surface area contributed by atoms with Crippen molar-refractivity contribution in [1.82, 2.24) is 5.32 Å². The van der Waals surface area contributed by atoms with E-state index in [0.29, 0.717) is 0 Å². The minimum absolute atomic E-state index is 0.725. The summed E-state index contributed by atoms with van der Waals surface area (Å²) < 4.78 is 5.73. The molecule has 1 saturated heterocycles. The molecule has 2 aliphatic rings. The highest BCUT2D eigenvalue weighted by Crippen LogP contribution is 2.31. The second kappa shape index (κ2) is 8.16. The van der Waals surface area contributed by atoms with Crippen molar-refractivity contribution < 1.29 is 4.74 Å². The van der Waals surface area contributed by atoms with E-state index in [2.05, 4.69) is 12.2 Å². The Hall–Kier alpha value is -0.0800. The third kappa shape index (κ3) is 4.24. The Balaban J connectivity index is 1.92. The van der Waals surface area contributed by atoms with Crippen molar-refractivity contribution in [3.05, 3.63) is 0 Å². The highest BCUT2D eigenvalue weighted by molar-refractivity contribution is 4.85. The zero-order chi connectivity index (χ0) is 12.6. The van der Waals surface area contributed by atoms with Crippen molar-refractivity contribution >= 4 is 0 Å². The Morgan fingerprint density at radius 1 is 1.00 bits per heavy atom. The smallest absolute Gasteiger partial charge is 0.0509 e. The van der Waals surface area contributed by atoms with E-state index in [4.69, 9.17) is 4.74 Å². The molecule has 1 N–H and O–H groups in total. The van der Waals surface area contributed by atoms with E-state index in [-0.39, 0.29) is 0 Å². The lowest BCUT2D eigenvalue weighted by molar-refractivity contribution is 0.0269. The lowest BCUT2D eigenvalue weighted by Gasteiger charge is -2.36. The van der Waals surface area contributed by atoms with Crippen LogP contribution in [0.4, 0.5) is 0 Å². The molecule has 1 saturated carbocycles. The van der Waals surface area contributed by atoms with Crippen LogP contribution in [-0.2, 0) is 4.74 Å². The van der Waals surface area contributed by atoms with E-state index >= 15 is 0 Å². The molecule has 2 nitrogen and oxygen atoms in total. The van der Waals surface area contributed by atoms with Crippen molar-refractivity contribution in [2.45, 2.75) is 70.8 Å². The van der Waals surface area contributed by atoms with E-state index in [1.54, 1.807) is 0 Å². The number of rotatable bonds is 5. The zero-order valence-electron chi connectivity index (χ0n) is 12.1. The van der Waals surface area contributed by atoms with Crippen molar-refractivity contribution in [1.29, 1.82) is 0 Å². The van der Waals surface area contributed by atoms with E-state index in [9.17, 15) is 0 Å². The van der Waals surface area contributed by atoms with Crippen LogP contribution in [-0.4, -0.2) is 25.8 Å². The van der Waals surface area contributed by atoms with Crippen molar-refractivity contribution in [3.8, 4) is 0 Å². The first kappa shape index (κ1) is 14.3. The molecule has 2 heteroatoms. The van der Waals surface area contributed by atoms with Gasteiger partial charge in [-0.2, -0.15) is 0 Å². The van der Waals surface area contributed by atoms with Gasteiger partial charge in [-0.15, -0.1) is 0 Å². The molecule has 0 aromatic carbocycles. The van der Waals surface area contributed by atoms with Gasteiger partial charge in [0.1, 0.15) is 0 Å². The third-order valence-corrected chi connectivity index (χ3v) is 4.74. The van der Waals surface area contributed by atoms with Crippen molar-refractivity contribution in [2.75, 3.05) is 19.8 Å². The molecule has 1 heterocycles. The summed E-state index contributed by atoms with van der Waals surface area (Å²) in [5.74, 6) is 1.68. The molecule has 106 valence electrons. The number of ether oxygens (including phenoxy) is 1. The van der Waals surface area contributed by atoms with Crippen LogP contribution in [0.3, 0.4) is 0 Å². The van der Waals surface area contributed by atoms with Gasteiger partial charge in [0, 0.05) is 12.6 Å². The Labute approximate surface area is 113 Å². The second-order valence-electron chi connectivity index (χ2n) is 6.21. The molecule has 0 aromatic rings. The fraction of sp³-hybridized carbons (Fsp3) is 1.00. The number of nitrogens with one attached hydrogen (secondary N) is 1. The van der Waals surface area contributed by atoms with Crippen LogP contribution in [0.2, 0.25) is 0 Å². The van der Waals surface area contributed by atoms with Gasteiger partial charge in [-0.25, -0.2) is 0 Å². The van der Waals surface area contributed by atoms with Crippen LogP contribution < -0.4 is 5.32 Å². The quantitative estimate of drug-likeness (QED) is 0.753. The summed E-state index contributed by atoms with van der Waals surface area (Å²) in [6, 6.07) is 0.725. The molecular weight excluding hydrogens is 222 g/mol. The Kier molecular flexibility index (Phi) is 6.50. The molecule has 0 aromatic heterocycles. The minimum Gasteiger partial charge on any atom is -0.381 e. The molecule has 0 amide bonds. The van der Waals surface area contributed by atoms with Gasteiger partial charge in [-0.3, -0.25) is 0 Å². The summed E-state index contributed by atoms with van der Waals surface area (Å²) in [7, 11) is 0. The zero-order valence-corrected chi connectivity index (χ0v) is 12.1. The maximum Gasteiger partial charge on any atom is 0.0509 e. The van der Waals surface area contributed by atoms with Crippen LogP contribution in [0.5, 0.6) is 0 Å². The Morgan fingerprint density at radius 2 is 1.72 bits per heavy atom. The summed E-state index contributed by atoms with van der Waals surface area (Å²) in [6.07, 6.45) is 12.6. The molecule has 0 bridgehead atoms. The summed E-state index contributed by atoms with van der Waals surface area (Å²) in [5, 5.41) is 3.86. The summed E-state index contributed by atoms with van der Waals surface area (Å²) in [4.78, 5) is 0. The van der Waals surface area contributed by atoms with Crippen LogP contribution in [0, 0.1) is 11.8 Å². The highest BCUT2D eigenvalue weighted by atomic mass is 16.5. The normalized spacial score (nSPS) is 28.8. The molecule has 2 atom stereocenters. The monoisotopic (exact) mass is 253 g/mol. The molecular formula is C16H31NO. The van der Waals surface area contributed by atoms with E-state index in [0.717, 1.165) is 31.1 Å². The topological polar surface area (TPSA) is 21.3 Å². The van der Waals surface area contributed by atoms with Gasteiger partial charge < -0.3 is 10.1 Å². The average Bonchev–Trinajstić information content (AvgIpc) is 2.70. The van der Waals surface area contributed by atoms with Gasteiger partial charge in [0.2, 0.25) is 0 Å². The molecule has 18 heavy (non-hydrogen) atoms.